The minimum absolute atomic E-state index is 0.109. The molecule has 1 aliphatic heterocycles. The molecule has 0 unspecified atom stereocenters. The predicted molar refractivity (Wildman–Crippen MR) is 118 cm³/mol. The third kappa shape index (κ3) is 4.26. The number of anilines is 1. The number of aryl methyl sites for hydroxylation is 1. The van der Waals surface area contributed by atoms with Gasteiger partial charge >= 0.3 is 5.97 Å². The van der Waals surface area contributed by atoms with Gasteiger partial charge in [0.15, 0.2) is 5.13 Å². The molecule has 0 spiro atoms. The van der Waals surface area contributed by atoms with Crippen molar-refractivity contribution in [3.05, 3.63) is 40.8 Å². The van der Waals surface area contributed by atoms with Crippen molar-refractivity contribution in [2.45, 2.75) is 13.8 Å². The number of rotatable bonds is 6. The van der Waals surface area contributed by atoms with E-state index in [2.05, 4.69) is 19.9 Å². The normalized spacial score (nSPS) is 14.3. The number of nitrogens with zero attached hydrogens (tertiary/aromatic N) is 4. The molecule has 0 atom stereocenters. The molecule has 1 amide bonds. The summed E-state index contributed by atoms with van der Waals surface area (Å²) in [6.45, 7) is 6.58. The third-order valence-electron chi connectivity index (χ3n) is 5.37. The number of amides is 1. The summed E-state index contributed by atoms with van der Waals surface area (Å²) in [4.78, 5) is 42.5. The van der Waals surface area contributed by atoms with Crippen LogP contribution in [0.5, 0.6) is 0 Å². The van der Waals surface area contributed by atoms with Gasteiger partial charge in [-0.05, 0) is 31.5 Å². The van der Waals surface area contributed by atoms with Crippen LogP contribution in [0.1, 0.15) is 32.1 Å². The average molecular weight is 444 g/mol. The molecule has 10 heteroatoms. The molecule has 3 aromatic heterocycles. The number of piperazine rings is 1. The van der Waals surface area contributed by atoms with E-state index in [-0.39, 0.29) is 12.5 Å². The first-order valence-electron chi connectivity index (χ1n) is 10.1. The molecule has 0 radical (unpaired) electrons. The number of nitrogens with one attached hydrogen (secondary N) is 1. The molecule has 4 heterocycles. The molecular weight excluding hydrogens is 418 g/mol. The lowest BCUT2D eigenvalue weighted by molar-refractivity contribution is 0.0387. The van der Waals surface area contributed by atoms with Gasteiger partial charge in [0.2, 0.25) is 0 Å². The molecule has 164 valence electrons. The van der Waals surface area contributed by atoms with Crippen LogP contribution in [-0.2, 0) is 9.47 Å². The van der Waals surface area contributed by atoms with Crippen LogP contribution in [0.25, 0.3) is 10.3 Å². The highest BCUT2D eigenvalue weighted by molar-refractivity contribution is 7.21. The Balaban J connectivity index is 1.42. The first-order valence-corrected chi connectivity index (χ1v) is 10.9. The van der Waals surface area contributed by atoms with Gasteiger partial charge in [0.05, 0.1) is 12.2 Å². The van der Waals surface area contributed by atoms with E-state index in [1.165, 1.54) is 0 Å². The van der Waals surface area contributed by atoms with Crippen LogP contribution in [0.3, 0.4) is 0 Å². The van der Waals surface area contributed by atoms with E-state index >= 15 is 0 Å². The van der Waals surface area contributed by atoms with E-state index in [9.17, 15) is 9.59 Å². The first-order chi connectivity index (χ1) is 15.0. The van der Waals surface area contributed by atoms with Crippen LogP contribution in [0.15, 0.2) is 18.3 Å². The number of hydrogen-bond acceptors (Lipinski definition) is 8. The van der Waals surface area contributed by atoms with Crippen molar-refractivity contribution in [3.8, 4) is 0 Å². The first kappa shape index (κ1) is 21.3. The summed E-state index contributed by atoms with van der Waals surface area (Å²) in [6.07, 6.45) is 1.77. The number of carbonyl (C=O) groups excluding carboxylic acids is 2. The van der Waals surface area contributed by atoms with Crippen LogP contribution in [0, 0.1) is 13.8 Å². The molecule has 1 fully saturated rings. The number of ether oxygens (including phenoxy) is 2. The van der Waals surface area contributed by atoms with E-state index in [1.54, 1.807) is 43.4 Å². The summed E-state index contributed by atoms with van der Waals surface area (Å²) in [7, 11) is 1.55. The van der Waals surface area contributed by atoms with Crippen molar-refractivity contribution in [2.24, 2.45) is 0 Å². The Morgan fingerprint density at radius 2 is 1.97 bits per heavy atom. The summed E-state index contributed by atoms with van der Waals surface area (Å²) >= 11 is 1.56. The second kappa shape index (κ2) is 9.03. The van der Waals surface area contributed by atoms with Crippen LogP contribution in [0.4, 0.5) is 5.13 Å². The van der Waals surface area contributed by atoms with Gasteiger partial charge in [-0.15, -0.1) is 0 Å². The highest BCUT2D eigenvalue weighted by Gasteiger charge is 2.29. The fourth-order valence-corrected chi connectivity index (χ4v) is 4.67. The number of H-pyrrole nitrogens is 1. The molecule has 4 rings (SSSR count). The number of pyridine rings is 1. The Labute approximate surface area is 184 Å². The summed E-state index contributed by atoms with van der Waals surface area (Å²) < 4.78 is 10.1. The lowest BCUT2D eigenvalue weighted by Gasteiger charge is -2.34. The Morgan fingerprint density at radius 1 is 1.19 bits per heavy atom. The Kier molecular flexibility index (Phi) is 6.19. The molecule has 0 aliphatic carbocycles. The average Bonchev–Trinajstić information content (AvgIpc) is 3.34. The zero-order valence-corrected chi connectivity index (χ0v) is 18.6. The molecule has 31 heavy (non-hydrogen) atoms. The van der Waals surface area contributed by atoms with Crippen LogP contribution in [-0.4, -0.2) is 78.2 Å². The number of carbonyl (C=O) groups is 2. The van der Waals surface area contributed by atoms with E-state index < -0.39 is 5.97 Å². The second-order valence-electron chi connectivity index (χ2n) is 7.36. The summed E-state index contributed by atoms with van der Waals surface area (Å²) in [6, 6.07) is 3.83. The van der Waals surface area contributed by atoms with Gasteiger partial charge in [0.1, 0.15) is 22.6 Å². The molecule has 0 aromatic carbocycles. The van der Waals surface area contributed by atoms with Gasteiger partial charge in [0, 0.05) is 45.2 Å². The minimum Gasteiger partial charge on any atom is -0.460 e. The SMILES string of the molecule is COCCOC(=O)c1c(C)[nH]c(C(=O)N2CCN(c3nc4cccnc4s3)CC2)c1C. The van der Waals surface area contributed by atoms with Crippen molar-refractivity contribution >= 4 is 38.7 Å². The van der Waals surface area contributed by atoms with E-state index in [0.29, 0.717) is 55.3 Å². The number of fused-ring (bicyclic) bond motifs is 1. The number of methoxy groups -OCH3 is 1. The topological polar surface area (TPSA) is 101 Å². The van der Waals surface area contributed by atoms with Gasteiger partial charge in [-0.25, -0.2) is 14.8 Å². The quantitative estimate of drug-likeness (QED) is 0.461. The third-order valence-corrected chi connectivity index (χ3v) is 6.41. The molecule has 0 bridgehead atoms. The number of hydrogen-bond donors (Lipinski definition) is 1. The maximum absolute atomic E-state index is 13.1. The summed E-state index contributed by atoms with van der Waals surface area (Å²) in [5.74, 6) is -0.557. The number of aromatic amines is 1. The van der Waals surface area contributed by atoms with Crippen molar-refractivity contribution < 1.29 is 19.1 Å². The maximum atomic E-state index is 13.1. The largest absolute Gasteiger partial charge is 0.460 e. The van der Waals surface area contributed by atoms with Gasteiger partial charge in [0.25, 0.3) is 5.91 Å². The minimum atomic E-state index is -0.448. The second-order valence-corrected chi connectivity index (χ2v) is 8.31. The number of esters is 1. The van der Waals surface area contributed by atoms with E-state index in [1.807, 2.05) is 12.1 Å². The Morgan fingerprint density at radius 3 is 2.68 bits per heavy atom. The predicted octanol–water partition coefficient (Wildman–Crippen LogP) is 2.40. The highest BCUT2D eigenvalue weighted by atomic mass is 32.1. The van der Waals surface area contributed by atoms with Crippen molar-refractivity contribution in [2.75, 3.05) is 51.4 Å². The fraction of sp³-hybridized carbons (Fsp3) is 0.429. The molecule has 9 nitrogen and oxygen atoms in total. The number of thiazole rings is 1. The molecule has 3 aromatic rings. The van der Waals surface area contributed by atoms with Crippen molar-refractivity contribution in [1.29, 1.82) is 0 Å². The fourth-order valence-electron chi connectivity index (χ4n) is 3.71. The van der Waals surface area contributed by atoms with Gasteiger partial charge < -0.3 is 24.3 Å². The summed E-state index contributed by atoms with van der Waals surface area (Å²) in [5.41, 5.74) is 2.99. The van der Waals surface area contributed by atoms with Crippen LogP contribution < -0.4 is 4.90 Å². The van der Waals surface area contributed by atoms with Crippen molar-refractivity contribution in [3.63, 3.8) is 0 Å². The lowest BCUT2D eigenvalue weighted by atomic mass is 10.1. The Bertz CT molecular complexity index is 1070. The standard InChI is InChI=1S/C21H25N5O4S/c1-13-16(20(28)30-12-11-29-3)14(2)23-17(13)19(27)25-7-9-26(10-8-25)21-24-15-5-4-6-22-18(15)31-21/h4-6,23H,7-12H2,1-3H3. The monoisotopic (exact) mass is 443 g/mol. The molecule has 1 aliphatic rings. The lowest BCUT2D eigenvalue weighted by Crippen LogP contribution is -2.49. The molecular formula is C21H25N5O4S. The number of aromatic nitrogens is 3. The maximum Gasteiger partial charge on any atom is 0.340 e. The van der Waals surface area contributed by atoms with E-state index in [4.69, 9.17) is 9.47 Å². The Hall–Kier alpha value is -2.98. The van der Waals surface area contributed by atoms with Crippen molar-refractivity contribution in [1.82, 2.24) is 19.9 Å². The summed E-state index contributed by atoms with van der Waals surface area (Å²) in [5, 5.41) is 0.925. The smallest absolute Gasteiger partial charge is 0.340 e. The molecule has 1 N–H and O–H groups in total. The highest BCUT2D eigenvalue weighted by Crippen LogP contribution is 2.28. The van der Waals surface area contributed by atoms with Gasteiger partial charge in [-0.2, -0.15) is 0 Å². The molecule has 0 saturated carbocycles. The van der Waals surface area contributed by atoms with Crippen LogP contribution >= 0.6 is 11.3 Å². The van der Waals surface area contributed by atoms with Gasteiger partial charge in [-0.3, -0.25) is 4.79 Å². The zero-order valence-electron chi connectivity index (χ0n) is 17.8. The van der Waals surface area contributed by atoms with E-state index in [0.717, 1.165) is 15.5 Å². The van der Waals surface area contributed by atoms with Crippen LogP contribution in [0.2, 0.25) is 0 Å². The molecule has 1 saturated heterocycles. The zero-order chi connectivity index (χ0) is 22.0. The van der Waals surface area contributed by atoms with Gasteiger partial charge in [-0.1, -0.05) is 11.3 Å².